The molecule has 1 aliphatic rings. The molecule has 1 aliphatic heterocycles. The summed E-state index contributed by atoms with van der Waals surface area (Å²) in [7, 11) is 0. The maximum absolute atomic E-state index is 13.7. The smallest absolute Gasteiger partial charge is 0.338 e. The Balaban J connectivity index is 1.61. The van der Waals surface area contributed by atoms with Gasteiger partial charge in [0.05, 0.1) is 33.0 Å². The van der Waals surface area contributed by atoms with Gasteiger partial charge in [0, 0.05) is 16.7 Å². The van der Waals surface area contributed by atoms with Crippen LogP contribution in [0.2, 0.25) is 10.0 Å². The van der Waals surface area contributed by atoms with Crippen LogP contribution in [0.25, 0.3) is 17.4 Å². The highest BCUT2D eigenvalue weighted by molar-refractivity contribution is 7.07. The highest BCUT2D eigenvalue weighted by Gasteiger charge is 2.34. The molecule has 0 amide bonds. The molecule has 0 aliphatic carbocycles. The predicted molar refractivity (Wildman–Crippen MR) is 148 cm³/mol. The standard InChI is InChI=1S/C28H20Cl2N2O6S/c1-3-37-27(36)23-14(2)31-28-32(24(23)17-6-4-5-7-19(17)29)25(33)22(39-28)13-16-9-11-21(38-16)15-8-10-18(26(34)35)20(30)12-15/h4-13,24H,3H2,1-2H3,(H,34,35)/b22-13-/t24-/m1/s1. The normalized spacial score (nSPS) is 15.2. The number of nitrogens with zero attached hydrogens (tertiary/aromatic N) is 2. The fraction of sp³-hybridized carbons (Fsp3) is 0.143. The van der Waals surface area contributed by atoms with Crippen LogP contribution >= 0.6 is 34.5 Å². The van der Waals surface area contributed by atoms with Crippen LogP contribution in [0.15, 0.2) is 80.1 Å². The topological polar surface area (TPSA) is 111 Å². The average molecular weight is 583 g/mol. The van der Waals surface area contributed by atoms with Gasteiger partial charge in [0.1, 0.15) is 17.6 Å². The van der Waals surface area contributed by atoms with Gasteiger partial charge in [0.15, 0.2) is 4.80 Å². The summed E-state index contributed by atoms with van der Waals surface area (Å²) in [4.78, 5) is 42.9. The summed E-state index contributed by atoms with van der Waals surface area (Å²) >= 11 is 13.8. The second kappa shape index (κ2) is 10.7. The molecule has 1 atom stereocenters. The Morgan fingerprint density at radius 2 is 1.92 bits per heavy atom. The molecular weight excluding hydrogens is 563 g/mol. The zero-order valence-electron chi connectivity index (χ0n) is 20.6. The molecule has 0 saturated carbocycles. The van der Waals surface area contributed by atoms with Gasteiger partial charge in [-0.05, 0) is 49.7 Å². The second-order valence-corrected chi connectivity index (χ2v) is 10.3. The Labute approximate surface area is 235 Å². The lowest BCUT2D eigenvalue weighted by Crippen LogP contribution is -2.40. The van der Waals surface area contributed by atoms with E-state index in [9.17, 15) is 19.5 Å². The molecule has 8 nitrogen and oxygen atoms in total. The Morgan fingerprint density at radius 3 is 2.62 bits per heavy atom. The molecule has 0 bridgehead atoms. The summed E-state index contributed by atoms with van der Waals surface area (Å²) in [5.41, 5.74) is 1.45. The molecule has 4 aromatic rings. The molecule has 0 radical (unpaired) electrons. The van der Waals surface area contributed by atoms with Crippen molar-refractivity contribution in [3.63, 3.8) is 0 Å². The largest absolute Gasteiger partial charge is 0.478 e. The Hall–Kier alpha value is -3.92. The third-order valence-electron chi connectivity index (χ3n) is 6.10. The van der Waals surface area contributed by atoms with E-state index in [1.807, 2.05) is 0 Å². The second-order valence-electron chi connectivity index (χ2n) is 8.53. The van der Waals surface area contributed by atoms with E-state index in [2.05, 4.69) is 4.99 Å². The van der Waals surface area contributed by atoms with Crippen LogP contribution in [0.5, 0.6) is 0 Å². The van der Waals surface area contributed by atoms with Crippen molar-refractivity contribution in [3.05, 3.63) is 112 Å². The number of halogens is 2. The van der Waals surface area contributed by atoms with Gasteiger partial charge in [-0.15, -0.1) is 0 Å². The molecule has 11 heteroatoms. The summed E-state index contributed by atoms with van der Waals surface area (Å²) in [5, 5.41) is 9.68. The molecule has 0 saturated heterocycles. The first-order valence-electron chi connectivity index (χ1n) is 11.8. The molecule has 5 rings (SSSR count). The van der Waals surface area contributed by atoms with E-state index in [1.165, 1.54) is 16.7 Å². The maximum atomic E-state index is 13.7. The van der Waals surface area contributed by atoms with Gasteiger partial charge in [0.2, 0.25) is 0 Å². The lowest BCUT2D eigenvalue weighted by molar-refractivity contribution is -0.139. The Morgan fingerprint density at radius 1 is 1.15 bits per heavy atom. The van der Waals surface area contributed by atoms with Crippen LogP contribution in [0, 0.1) is 0 Å². The van der Waals surface area contributed by atoms with Crippen molar-refractivity contribution in [3.8, 4) is 11.3 Å². The molecule has 39 heavy (non-hydrogen) atoms. The molecule has 2 aromatic heterocycles. The molecule has 0 fully saturated rings. The third kappa shape index (κ3) is 4.96. The van der Waals surface area contributed by atoms with E-state index < -0.39 is 18.0 Å². The van der Waals surface area contributed by atoms with Gasteiger partial charge in [0.25, 0.3) is 5.56 Å². The fourth-order valence-electron chi connectivity index (χ4n) is 4.34. The lowest BCUT2D eigenvalue weighted by Gasteiger charge is -2.25. The maximum Gasteiger partial charge on any atom is 0.338 e. The highest BCUT2D eigenvalue weighted by Crippen LogP contribution is 2.34. The molecule has 0 spiro atoms. The van der Waals surface area contributed by atoms with Crippen molar-refractivity contribution < 1.29 is 23.8 Å². The summed E-state index contributed by atoms with van der Waals surface area (Å²) in [6.07, 6.45) is 1.59. The van der Waals surface area contributed by atoms with Crippen molar-refractivity contribution in [2.75, 3.05) is 6.61 Å². The van der Waals surface area contributed by atoms with Gasteiger partial charge in [-0.3, -0.25) is 9.36 Å². The molecule has 198 valence electrons. The Kier molecular flexibility index (Phi) is 7.31. The number of aromatic nitrogens is 1. The van der Waals surface area contributed by atoms with Crippen LogP contribution in [-0.4, -0.2) is 28.2 Å². The summed E-state index contributed by atoms with van der Waals surface area (Å²) in [6, 6.07) is 14.1. The fourth-order valence-corrected chi connectivity index (χ4v) is 5.87. The van der Waals surface area contributed by atoms with Crippen molar-refractivity contribution in [2.24, 2.45) is 4.99 Å². The van der Waals surface area contributed by atoms with Crippen LogP contribution in [0.1, 0.15) is 41.6 Å². The van der Waals surface area contributed by atoms with E-state index in [4.69, 9.17) is 32.4 Å². The highest BCUT2D eigenvalue weighted by atomic mass is 35.5. The Bertz CT molecular complexity index is 1850. The first-order chi connectivity index (χ1) is 18.7. The lowest BCUT2D eigenvalue weighted by atomic mass is 9.96. The molecule has 1 N–H and O–H groups in total. The number of carboxylic acid groups (broad SMARTS) is 1. The monoisotopic (exact) mass is 582 g/mol. The first kappa shape index (κ1) is 26.7. The zero-order chi connectivity index (χ0) is 27.8. The SMILES string of the molecule is CCOC(=O)C1=C(C)N=c2s/c(=C\c3ccc(-c4ccc(C(=O)O)c(Cl)c4)o3)c(=O)n2[C@@H]1c1ccccc1Cl. The number of ether oxygens (including phenoxy) is 1. The zero-order valence-corrected chi connectivity index (χ0v) is 22.9. The van der Waals surface area contributed by atoms with Crippen LogP contribution in [0.3, 0.4) is 0 Å². The number of aromatic carboxylic acids is 1. The number of hydrogen-bond donors (Lipinski definition) is 1. The molecular formula is C28H20Cl2N2O6S. The minimum absolute atomic E-state index is 0.0149. The van der Waals surface area contributed by atoms with Crippen molar-refractivity contribution in [2.45, 2.75) is 19.9 Å². The van der Waals surface area contributed by atoms with E-state index in [0.717, 1.165) is 11.3 Å². The summed E-state index contributed by atoms with van der Waals surface area (Å²) in [6.45, 7) is 3.58. The predicted octanol–water partition coefficient (Wildman–Crippen LogP) is 5.06. The number of fused-ring (bicyclic) bond motifs is 1. The summed E-state index contributed by atoms with van der Waals surface area (Å²) in [5.74, 6) is -0.855. The van der Waals surface area contributed by atoms with Crippen LogP contribution < -0.4 is 14.9 Å². The van der Waals surface area contributed by atoms with Crippen molar-refractivity contribution >= 4 is 52.6 Å². The average Bonchev–Trinajstić information content (AvgIpc) is 3.48. The number of esters is 1. The number of carbonyl (C=O) groups is 2. The minimum atomic E-state index is -1.13. The number of furan rings is 1. The third-order valence-corrected chi connectivity index (χ3v) is 7.74. The van der Waals surface area contributed by atoms with E-state index >= 15 is 0 Å². The van der Waals surface area contributed by atoms with Crippen LogP contribution in [0.4, 0.5) is 0 Å². The summed E-state index contributed by atoms with van der Waals surface area (Å²) < 4.78 is 13.0. The van der Waals surface area contributed by atoms with E-state index in [0.29, 0.717) is 42.7 Å². The minimum Gasteiger partial charge on any atom is -0.478 e. The van der Waals surface area contributed by atoms with Crippen molar-refractivity contribution in [1.82, 2.24) is 4.57 Å². The number of thiazole rings is 1. The van der Waals surface area contributed by atoms with E-state index in [1.54, 1.807) is 62.4 Å². The first-order valence-corrected chi connectivity index (χ1v) is 13.3. The van der Waals surface area contributed by atoms with Gasteiger partial charge < -0.3 is 14.3 Å². The van der Waals surface area contributed by atoms with Crippen LogP contribution in [-0.2, 0) is 9.53 Å². The molecule has 0 unspecified atom stereocenters. The number of benzene rings is 2. The number of hydrogen-bond acceptors (Lipinski definition) is 7. The number of rotatable bonds is 6. The number of allylic oxidation sites excluding steroid dienone is 1. The van der Waals surface area contributed by atoms with E-state index in [-0.39, 0.29) is 28.3 Å². The number of carboxylic acids is 1. The van der Waals surface area contributed by atoms with Gasteiger partial charge in [-0.25, -0.2) is 14.6 Å². The number of carbonyl (C=O) groups excluding carboxylic acids is 1. The molecule has 2 aromatic carbocycles. The van der Waals surface area contributed by atoms with Gasteiger partial charge in [-0.1, -0.05) is 58.8 Å². The van der Waals surface area contributed by atoms with Crippen molar-refractivity contribution in [1.29, 1.82) is 0 Å². The quantitative estimate of drug-likeness (QED) is 0.318. The van der Waals surface area contributed by atoms with Gasteiger partial charge >= 0.3 is 11.9 Å². The van der Waals surface area contributed by atoms with Gasteiger partial charge in [-0.2, -0.15) is 0 Å². The molecule has 3 heterocycles.